The average molecular weight is 319 g/mol. The van der Waals surface area contributed by atoms with Crippen LogP contribution < -0.4 is 0 Å². The first-order valence-corrected chi connectivity index (χ1v) is 9.96. The van der Waals surface area contributed by atoms with Crippen molar-refractivity contribution in [3.63, 3.8) is 0 Å². The Labute approximate surface area is 147 Å². The van der Waals surface area contributed by atoms with E-state index in [1.54, 1.807) is 5.57 Å². The Hall–Kier alpha value is -0.780. The van der Waals surface area contributed by atoms with Gasteiger partial charge < -0.3 is 0 Å². The van der Waals surface area contributed by atoms with Gasteiger partial charge in [0.2, 0.25) is 0 Å². The molecule has 0 saturated heterocycles. The molecule has 0 aliphatic heterocycles. The van der Waals surface area contributed by atoms with Crippen LogP contribution in [0.1, 0.15) is 87.0 Å². The van der Waals surface area contributed by atoms with Crippen LogP contribution in [0.5, 0.6) is 0 Å². The van der Waals surface area contributed by atoms with Crippen LogP contribution in [-0.2, 0) is 0 Å². The molecule has 1 aliphatic rings. The minimum absolute atomic E-state index is 0.743. The molecule has 0 saturated carbocycles. The smallest absolute Gasteiger partial charge is 0.0228 e. The number of hydrogen-bond donors (Lipinski definition) is 0. The fourth-order valence-corrected chi connectivity index (χ4v) is 3.11. The quantitative estimate of drug-likeness (QED) is 0.404. The van der Waals surface area contributed by atoms with Gasteiger partial charge in [0.1, 0.15) is 0 Å². The fraction of sp³-hybridized carbons (Fsp3) is 0.739. The van der Waals surface area contributed by atoms with Gasteiger partial charge in [-0.05, 0) is 54.9 Å². The van der Waals surface area contributed by atoms with Crippen LogP contribution in [0.3, 0.4) is 0 Å². The van der Waals surface area contributed by atoms with E-state index in [2.05, 4.69) is 53.3 Å². The lowest BCUT2D eigenvalue weighted by Crippen LogP contribution is -2.12. The highest BCUT2D eigenvalue weighted by molar-refractivity contribution is 5.30. The van der Waals surface area contributed by atoms with Gasteiger partial charge in [-0.15, -0.1) is 0 Å². The van der Waals surface area contributed by atoms with E-state index in [0.717, 1.165) is 23.7 Å². The van der Waals surface area contributed by atoms with Crippen molar-refractivity contribution in [1.82, 2.24) is 0 Å². The normalized spacial score (nSPS) is 18.3. The summed E-state index contributed by atoms with van der Waals surface area (Å²) in [5.41, 5.74) is 3.03. The molecular weight excluding hydrogens is 276 g/mol. The lowest BCUT2D eigenvalue weighted by molar-refractivity contribution is 0.305. The zero-order chi connectivity index (χ0) is 17.8. The molecule has 0 nitrogen and oxygen atoms in total. The molecule has 1 aliphatic carbocycles. The van der Waals surface area contributed by atoms with Gasteiger partial charge in [-0.3, -0.25) is 0 Å². The monoisotopic (exact) mass is 318 g/mol. The molecule has 0 aromatic heterocycles. The van der Waals surface area contributed by atoms with E-state index in [9.17, 15) is 0 Å². The highest BCUT2D eigenvalue weighted by Gasteiger charge is 2.16. The summed E-state index contributed by atoms with van der Waals surface area (Å²) >= 11 is 0. The molecule has 0 heteroatoms. The Bertz CT molecular complexity index is 369. The second-order valence-electron chi connectivity index (χ2n) is 7.59. The van der Waals surface area contributed by atoms with Crippen molar-refractivity contribution in [2.75, 3.05) is 0 Å². The summed E-state index contributed by atoms with van der Waals surface area (Å²) in [6.07, 6.45) is 14.5. The average Bonchev–Trinajstić information content (AvgIpc) is 2.58. The first kappa shape index (κ1) is 22.2. The molecule has 0 aromatic rings. The third-order valence-electron chi connectivity index (χ3n) is 5.33. The number of rotatable bonds is 9. The topological polar surface area (TPSA) is 0 Å². The van der Waals surface area contributed by atoms with E-state index in [0.29, 0.717) is 0 Å². The summed E-state index contributed by atoms with van der Waals surface area (Å²) in [5, 5.41) is 0. The highest BCUT2D eigenvalue weighted by Crippen LogP contribution is 2.30. The summed E-state index contributed by atoms with van der Waals surface area (Å²) in [5.74, 6) is 3.31. The molecule has 0 heterocycles. The second-order valence-corrected chi connectivity index (χ2v) is 7.59. The van der Waals surface area contributed by atoms with Gasteiger partial charge in [-0.1, -0.05) is 91.7 Å². The van der Waals surface area contributed by atoms with Crippen LogP contribution in [-0.4, -0.2) is 0 Å². The maximum Gasteiger partial charge on any atom is -0.0228 e. The van der Waals surface area contributed by atoms with Gasteiger partial charge in [0, 0.05) is 0 Å². The van der Waals surface area contributed by atoms with E-state index < -0.39 is 0 Å². The van der Waals surface area contributed by atoms with Gasteiger partial charge in [0.15, 0.2) is 0 Å². The van der Waals surface area contributed by atoms with Gasteiger partial charge >= 0.3 is 0 Å². The second kappa shape index (κ2) is 12.6. The Morgan fingerprint density at radius 2 is 1.43 bits per heavy atom. The highest BCUT2D eigenvalue weighted by atomic mass is 14.2. The van der Waals surface area contributed by atoms with Crippen LogP contribution >= 0.6 is 0 Å². The van der Waals surface area contributed by atoms with Crippen molar-refractivity contribution in [3.8, 4) is 0 Å². The lowest BCUT2D eigenvalue weighted by atomic mass is 9.82. The van der Waals surface area contributed by atoms with E-state index in [4.69, 9.17) is 0 Å². The largest absolute Gasteiger partial charge is 0.0988 e. The first-order chi connectivity index (χ1) is 10.9. The predicted molar refractivity (Wildman–Crippen MR) is 108 cm³/mol. The van der Waals surface area contributed by atoms with Crippen LogP contribution in [0.15, 0.2) is 36.0 Å². The zero-order valence-corrected chi connectivity index (χ0v) is 17.0. The van der Waals surface area contributed by atoms with Crippen molar-refractivity contribution >= 4 is 0 Å². The fourth-order valence-electron chi connectivity index (χ4n) is 3.11. The zero-order valence-electron chi connectivity index (χ0n) is 17.0. The summed E-state index contributed by atoms with van der Waals surface area (Å²) in [6, 6.07) is 0. The van der Waals surface area contributed by atoms with Gasteiger partial charge in [0.05, 0.1) is 0 Å². The van der Waals surface area contributed by atoms with Gasteiger partial charge in [-0.25, -0.2) is 0 Å². The molecule has 0 aromatic carbocycles. The lowest BCUT2D eigenvalue weighted by Gasteiger charge is -2.24. The predicted octanol–water partition coefficient (Wildman–Crippen LogP) is 7.97. The molecule has 3 atom stereocenters. The number of allylic oxidation sites excluding steroid dienone is 5. The minimum Gasteiger partial charge on any atom is -0.0988 e. The van der Waals surface area contributed by atoms with E-state index >= 15 is 0 Å². The van der Waals surface area contributed by atoms with Crippen LogP contribution in [0.2, 0.25) is 0 Å². The van der Waals surface area contributed by atoms with Crippen LogP contribution in [0, 0.1) is 23.7 Å². The van der Waals surface area contributed by atoms with E-state index in [-0.39, 0.29) is 0 Å². The summed E-state index contributed by atoms with van der Waals surface area (Å²) in [4.78, 5) is 0. The minimum atomic E-state index is 0.743. The Kier molecular flexibility index (Phi) is 12.2. The molecule has 1 rings (SSSR count). The molecule has 23 heavy (non-hydrogen) atoms. The molecule has 0 spiro atoms. The van der Waals surface area contributed by atoms with Crippen LogP contribution in [0.4, 0.5) is 0 Å². The molecule has 0 fully saturated rings. The van der Waals surface area contributed by atoms with Crippen molar-refractivity contribution in [2.24, 2.45) is 23.7 Å². The summed E-state index contributed by atoms with van der Waals surface area (Å²) in [7, 11) is 0. The Balaban J connectivity index is 0.00000232. The molecule has 134 valence electrons. The first-order valence-electron chi connectivity index (χ1n) is 9.96. The molecule has 0 amide bonds. The molecule has 0 radical (unpaired) electrons. The third-order valence-corrected chi connectivity index (χ3v) is 5.33. The van der Waals surface area contributed by atoms with Crippen molar-refractivity contribution in [2.45, 2.75) is 87.0 Å². The van der Waals surface area contributed by atoms with Crippen molar-refractivity contribution in [3.05, 3.63) is 36.0 Å². The maximum absolute atomic E-state index is 3.87. The molecule has 3 unspecified atom stereocenters. The van der Waals surface area contributed by atoms with Crippen molar-refractivity contribution in [1.29, 1.82) is 0 Å². The van der Waals surface area contributed by atoms with Crippen LogP contribution in [0.25, 0.3) is 0 Å². The summed E-state index contributed by atoms with van der Waals surface area (Å²) < 4.78 is 0. The molecular formula is C23H42. The molecule has 0 bridgehead atoms. The Morgan fingerprint density at radius 3 is 1.87 bits per heavy atom. The summed E-state index contributed by atoms with van der Waals surface area (Å²) in [6.45, 7) is 19.8. The Morgan fingerprint density at radius 1 is 0.870 bits per heavy atom. The third kappa shape index (κ3) is 9.18. The maximum atomic E-state index is 3.87. The standard InChI is InChI=1S/C21H36.C2H6/c1-7-20-12-14-21(15-13-20)19(6)11-10-18(5)17(4)9-8-16(2)3;1-2/h7,12,14,16-19H,1,8-11,13,15H2,2-6H3;1-2H3. The van der Waals surface area contributed by atoms with Gasteiger partial charge in [0.25, 0.3) is 0 Å². The van der Waals surface area contributed by atoms with E-state index in [1.807, 2.05) is 19.9 Å². The van der Waals surface area contributed by atoms with Gasteiger partial charge in [-0.2, -0.15) is 0 Å². The SMILES string of the molecule is C=CC1=CC=C(C(C)CCC(C)C(C)CCC(C)C)CC1.CC. The van der Waals surface area contributed by atoms with Crippen molar-refractivity contribution < 1.29 is 0 Å². The van der Waals surface area contributed by atoms with E-state index in [1.165, 1.54) is 44.1 Å². The number of hydrogen-bond acceptors (Lipinski definition) is 0. The molecule has 0 N–H and O–H groups in total.